The molecule has 0 saturated heterocycles. The van der Waals surface area contributed by atoms with Crippen LogP contribution in [0.3, 0.4) is 0 Å². The number of ether oxygens (including phenoxy) is 3. The molecule has 0 radical (unpaired) electrons. The Kier molecular flexibility index (Phi) is 8.12. The predicted octanol–water partition coefficient (Wildman–Crippen LogP) is 6.05. The summed E-state index contributed by atoms with van der Waals surface area (Å²) < 4.78 is 17.1. The van der Waals surface area contributed by atoms with E-state index in [2.05, 4.69) is 37.4 Å². The molecule has 2 aliphatic heterocycles. The quantitative estimate of drug-likeness (QED) is 0.326. The average Bonchev–Trinajstić information content (AvgIpc) is 3.63. The fourth-order valence-electron chi connectivity index (χ4n) is 5.08. The molecule has 0 bridgehead atoms. The summed E-state index contributed by atoms with van der Waals surface area (Å²) in [5.41, 5.74) is 2.88. The van der Waals surface area contributed by atoms with Gasteiger partial charge < -0.3 is 24.0 Å². The molecule has 0 N–H and O–H groups in total. The summed E-state index contributed by atoms with van der Waals surface area (Å²) >= 11 is 1.72. The highest BCUT2D eigenvalue weighted by Crippen LogP contribution is 2.35. The second kappa shape index (κ2) is 11.7. The fraction of sp³-hybridized carbons (Fsp3) is 0.419. The summed E-state index contributed by atoms with van der Waals surface area (Å²) in [5.74, 6) is 2.14. The zero-order valence-corrected chi connectivity index (χ0v) is 23.8. The molecule has 206 valence electrons. The van der Waals surface area contributed by atoms with E-state index in [1.165, 1.54) is 10.4 Å². The van der Waals surface area contributed by atoms with Gasteiger partial charge in [-0.15, -0.1) is 11.3 Å². The highest BCUT2D eigenvalue weighted by Gasteiger charge is 2.34. The summed E-state index contributed by atoms with van der Waals surface area (Å²) in [5, 5.41) is 2.08. The number of hydrogen-bond acceptors (Lipinski definition) is 6. The molecule has 2 atom stereocenters. The van der Waals surface area contributed by atoms with Crippen molar-refractivity contribution in [2.45, 2.75) is 58.5 Å². The van der Waals surface area contributed by atoms with Crippen LogP contribution in [-0.4, -0.2) is 54.1 Å². The van der Waals surface area contributed by atoms with Gasteiger partial charge in [0.05, 0.1) is 6.04 Å². The first-order chi connectivity index (χ1) is 18.9. The lowest BCUT2D eigenvalue weighted by Crippen LogP contribution is -2.49. The smallest absolute Gasteiger partial charge is 0.254 e. The van der Waals surface area contributed by atoms with Gasteiger partial charge in [0.1, 0.15) is 18.9 Å². The first-order valence-electron chi connectivity index (χ1n) is 13.6. The zero-order chi connectivity index (χ0) is 27.5. The lowest BCUT2D eigenvalue weighted by molar-refractivity contribution is -0.136. The number of carbonyl (C=O) groups is 2. The van der Waals surface area contributed by atoms with Crippen molar-refractivity contribution in [3.63, 3.8) is 0 Å². The van der Waals surface area contributed by atoms with E-state index >= 15 is 0 Å². The molecule has 7 nitrogen and oxygen atoms in total. The number of amides is 2. The summed E-state index contributed by atoms with van der Waals surface area (Å²) in [7, 11) is 0. The Hall–Kier alpha value is -3.52. The Balaban J connectivity index is 1.34. The molecule has 2 amide bonds. The van der Waals surface area contributed by atoms with E-state index in [0.717, 1.165) is 24.2 Å². The standard InChI is InChI=1S/C31H36N2O5S/c1-5-21(4)33(31(35)23-8-11-27-28(16-23)38-19-37-27)17-30(34)32-14-12-29-25(13-15-39-29)26(32)18-36-24-9-6-22(7-10-24)20(2)3/h6-11,13,15-16,20-21,26H,5,12,14,17-19H2,1-4H3/t21-,26-/m1/s1. The number of hydrogen-bond donors (Lipinski definition) is 0. The van der Waals surface area contributed by atoms with Crippen LogP contribution in [0.2, 0.25) is 0 Å². The van der Waals surface area contributed by atoms with E-state index in [-0.39, 0.29) is 37.2 Å². The molecule has 39 heavy (non-hydrogen) atoms. The van der Waals surface area contributed by atoms with Gasteiger partial charge >= 0.3 is 0 Å². The first kappa shape index (κ1) is 27.1. The third-order valence-corrected chi connectivity index (χ3v) is 8.68. The number of thiophene rings is 1. The highest BCUT2D eigenvalue weighted by atomic mass is 32.1. The molecule has 2 aromatic carbocycles. The normalized spacial score (nSPS) is 16.6. The maximum atomic E-state index is 13.9. The molecule has 3 heterocycles. The van der Waals surface area contributed by atoms with Crippen molar-refractivity contribution >= 4 is 23.2 Å². The van der Waals surface area contributed by atoms with E-state index in [1.54, 1.807) is 34.4 Å². The van der Waals surface area contributed by atoms with Crippen LogP contribution in [-0.2, 0) is 11.2 Å². The van der Waals surface area contributed by atoms with Crippen molar-refractivity contribution in [1.29, 1.82) is 0 Å². The van der Waals surface area contributed by atoms with Gasteiger partial charge in [-0.3, -0.25) is 9.59 Å². The second-order valence-corrected chi connectivity index (χ2v) is 11.4. The van der Waals surface area contributed by atoms with Crippen molar-refractivity contribution in [1.82, 2.24) is 9.80 Å². The number of fused-ring (bicyclic) bond motifs is 2. The van der Waals surface area contributed by atoms with Crippen molar-refractivity contribution in [2.75, 3.05) is 26.5 Å². The molecule has 0 spiro atoms. The van der Waals surface area contributed by atoms with Crippen LogP contribution in [0.1, 0.15) is 72.4 Å². The lowest BCUT2D eigenvalue weighted by atomic mass is 10.00. The van der Waals surface area contributed by atoms with Gasteiger partial charge in [0.15, 0.2) is 11.5 Å². The summed E-state index contributed by atoms with van der Waals surface area (Å²) in [6.45, 7) is 9.43. The van der Waals surface area contributed by atoms with Crippen LogP contribution < -0.4 is 14.2 Å². The van der Waals surface area contributed by atoms with Gasteiger partial charge in [-0.25, -0.2) is 0 Å². The molecule has 0 saturated carbocycles. The molecule has 1 aromatic heterocycles. The third-order valence-electron chi connectivity index (χ3n) is 7.68. The minimum atomic E-state index is -0.211. The molecular formula is C31H36N2O5S. The minimum Gasteiger partial charge on any atom is -0.491 e. The minimum absolute atomic E-state index is 0.00133. The second-order valence-electron chi connectivity index (χ2n) is 10.4. The van der Waals surface area contributed by atoms with Crippen LogP contribution in [0.15, 0.2) is 53.9 Å². The SMILES string of the molecule is CC[C@@H](C)N(CC(=O)N1CCc2sccc2[C@H]1COc1ccc(C(C)C)cc1)C(=O)c1ccc2c(c1)OCO2. The van der Waals surface area contributed by atoms with Crippen molar-refractivity contribution in [3.05, 3.63) is 75.5 Å². The van der Waals surface area contributed by atoms with Crippen LogP contribution in [0.4, 0.5) is 0 Å². The van der Waals surface area contributed by atoms with Crippen molar-refractivity contribution < 1.29 is 23.8 Å². The van der Waals surface area contributed by atoms with E-state index < -0.39 is 0 Å². The highest BCUT2D eigenvalue weighted by molar-refractivity contribution is 7.10. The predicted molar refractivity (Wildman–Crippen MR) is 152 cm³/mol. The Bertz CT molecular complexity index is 1320. The van der Waals surface area contributed by atoms with Crippen LogP contribution in [0.25, 0.3) is 0 Å². The largest absolute Gasteiger partial charge is 0.491 e. The number of rotatable bonds is 9. The third kappa shape index (κ3) is 5.76. The van der Waals surface area contributed by atoms with Gasteiger partial charge in [-0.1, -0.05) is 32.9 Å². The summed E-state index contributed by atoms with van der Waals surface area (Å²) in [4.78, 5) is 32.3. The van der Waals surface area contributed by atoms with Crippen molar-refractivity contribution in [2.24, 2.45) is 0 Å². The molecular weight excluding hydrogens is 512 g/mol. The molecule has 0 aliphatic carbocycles. The van der Waals surface area contributed by atoms with E-state index in [1.807, 2.05) is 30.9 Å². The Morgan fingerprint density at radius 3 is 2.59 bits per heavy atom. The molecule has 8 heteroatoms. The molecule has 0 fully saturated rings. The van der Waals surface area contributed by atoms with E-state index in [4.69, 9.17) is 14.2 Å². The summed E-state index contributed by atoms with van der Waals surface area (Å²) in [6.07, 6.45) is 1.54. The maximum Gasteiger partial charge on any atom is 0.254 e. The fourth-order valence-corrected chi connectivity index (χ4v) is 6.01. The average molecular weight is 549 g/mol. The Morgan fingerprint density at radius 2 is 1.85 bits per heavy atom. The molecule has 2 aliphatic rings. The summed E-state index contributed by atoms with van der Waals surface area (Å²) in [6, 6.07) is 15.1. The molecule has 3 aromatic rings. The lowest BCUT2D eigenvalue weighted by Gasteiger charge is -2.38. The van der Waals surface area contributed by atoms with Gasteiger partial charge in [-0.2, -0.15) is 0 Å². The van der Waals surface area contributed by atoms with Gasteiger partial charge in [0.2, 0.25) is 12.7 Å². The van der Waals surface area contributed by atoms with Crippen molar-refractivity contribution in [3.8, 4) is 17.2 Å². The Morgan fingerprint density at radius 1 is 1.08 bits per heavy atom. The molecule has 0 unspecified atom stereocenters. The maximum absolute atomic E-state index is 13.9. The number of carbonyl (C=O) groups excluding carboxylic acids is 2. The number of benzene rings is 2. The molecule has 5 rings (SSSR count). The Labute approximate surface area is 234 Å². The van der Waals surface area contributed by atoms with E-state index in [9.17, 15) is 9.59 Å². The van der Waals surface area contributed by atoms with Gasteiger partial charge in [-0.05, 0) is 78.6 Å². The number of nitrogens with zero attached hydrogens (tertiary/aromatic N) is 2. The van der Waals surface area contributed by atoms with Gasteiger partial charge in [0, 0.05) is 23.0 Å². The van der Waals surface area contributed by atoms with Crippen LogP contribution in [0.5, 0.6) is 17.2 Å². The first-order valence-corrected chi connectivity index (χ1v) is 14.5. The van der Waals surface area contributed by atoms with Crippen LogP contribution in [0, 0.1) is 0 Å². The monoisotopic (exact) mass is 548 g/mol. The topological polar surface area (TPSA) is 68.3 Å². The van der Waals surface area contributed by atoms with E-state index in [0.29, 0.717) is 36.1 Å². The van der Waals surface area contributed by atoms with Crippen LogP contribution >= 0.6 is 11.3 Å². The zero-order valence-electron chi connectivity index (χ0n) is 23.0. The van der Waals surface area contributed by atoms with Gasteiger partial charge in [0.25, 0.3) is 5.91 Å².